The molecular weight excluding hydrogens is 179 g/mol. The summed E-state index contributed by atoms with van der Waals surface area (Å²) < 4.78 is 14.3. The van der Waals surface area contributed by atoms with Crippen molar-refractivity contribution in [2.24, 2.45) is 0 Å². The molecule has 0 spiro atoms. The maximum Gasteiger partial charge on any atom is 0.128 e. The van der Waals surface area contributed by atoms with Gasteiger partial charge in [0.25, 0.3) is 0 Å². The molecule has 3 atom stereocenters. The fourth-order valence-corrected chi connectivity index (χ4v) is 2.42. The number of hydrogen-bond acceptors (Lipinski definition) is 2. The summed E-state index contributed by atoms with van der Waals surface area (Å²) >= 11 is 0. The van der Waals surface area contributed by atoms with Gasteiger partial charge in [-0.1, -0.05) is 12.2 Å². The lowest BCUT2D eigenvalue weighted by molar-refractivity contribution is 0.129. The zero-order valence-electron chi connectivity index (χ0n) is 8.72. The molecule has 0 radical (unpaired) electrons. The zero-order chi connectivity index (χ0) is 10.0. The van der Waals surface area contributed by atoms with E-state index in [9.17, 15) is 4.39 Å². The molecule has 0 saturated carbocycles. The minimum atomic E-state index is -1.12. The SMILES string of the molecule is CC(F)(CC1CCCN1)C1C=CCN1. The van der Waals surface area contributed by atoms with E-state index in [1.165, 1.54) is 6.42 Å². The van der Waals surface area contributed by atoms with Gasteiger partial charge in [-0.25, -0.2) is 4.39 Å². The summed E-state index contributed by atoms with van der Waals surface area (Å²) in [6.45, 7) is 3.57. The number of nitrogens with one attached hydrogen (secondary N) is 2. The lowest BCUT2D eigenvalue weighted by Gasteiger charge is -2.29. The monoisotopic (exact) mass is 198 g/mol. The molecule has 80 valence electrons. The predicted octanol–water partition coefficient (Wildman–Crippen LogP) is 1.38. The topological polar surface area (TPSA) is 24.1 Å². The molecule has 2 nitrogen and oxygen atoms in total. The van der Waals surface area contributed by atoms with Gasteiger partial charge in [-0.2, -0.15) is 0 Å². The quantitative estimate of drug-likeness (QED) is 0.670. The van der Waals surface area contributed by atoms with Crippen molar-refractivity contribution in [3.05, 3.63) is 12.2 Å². The Labute approximate surface area is 85.0 Å². The van der Waals surface area contributed by atoms with E-state index in [0.29, 0.717) is 12.5 Å². The number of alkyl halides is 1. The molecule has 14 heavy (non-hydrogen) atoms. The van der Waals surface area contributed by atoms with Crippen LogP contribution >= 0.6 is 0 Å². The fraction of sp³-hybridized carbons (Fsp3) is 0.818. The van der Waals surface area contributed by atoms with Crippen molar-refractivity contribution in [2.75, 3.05) is 13.1 Å². The Morgan fingerprint density at radius 3 is 2.93 bits per heavy atom. The molecule has 0 aromatic rings. The highest BCUT2D eigenvalue weighted by Crippen LogP contribution is 2.27. The van der Waals surface area contributed by atoms with E-state index in [-0.39, 0.29) is 6.04 Å². The average molecular weight is 198 g/mol. The second-order valence-electron chi connectivity index (χ2n) is 4.59. The van der Waals surface area contributed by atoms with E-state index in [2.05, 4.69) is 10.6 Å². The van der Waals surface area contributed by atoms with Crippen molar-refractivity contribution >= 4 is 0 Å². The summed E-state index contributed by atoms with van der Waals surface area (Å²) in [6.07, 6.45) is 6.89. The highest BCUT2D eigenvalue weighted by molar-refractivity contribution is 5.10. The predicted molar refractivity (Wildman–Crippen MR) is 56.1 cm³/mol. The first-order valence-electron chi connectivity index (χ1n) is 5.51. The molecule has 2 aliphatic heterocycles. The van der Waals surface area contributed by atoms with Crippen molar-refractivity contribution in [3.8, 4) is 0 Å². The molecule has 2 N–H and O–H groups in total. The normalized spacial score (nSPS) is 36.1. The van der Waals surface area contributed by atoms with Gasteiger partial charge in [0, 0.05) is 12.6 Å². The third kappa shape index (κ3) is 2.15. The molecule has 2 heterocycles. The number of halogens is 1. The maximum absolute atomic E-state index is 14.3. The van der Waals surface area contributed by atoms with Crippen LogP contribution in [0.15, 0.2) is 12.2 Å². The molecule has 3 heteroatoms. The smallest absolute Gasteiger partial charge is 0.128 e. The zero-order valence-corrected chi connectivity index (χ0v) is 8.72. The first-order chi connectivity index (χ1) is 6.68. The van der Waals surface area contributed by atoms with Gasteiger partial charge in [-0.3, -0.25) is 0 Å². The highest BCUT2D eigenvalue weighted by Gasteiger charge is 2.36. The summed E-state index contributed by atoms with van der Waals surface area (Å²) in [6, 6.07) is 0.283. The highest BCUT2D eigenvalue weighted by atomic mass is 19.1. The minimum absolute atomic E-state index is 0.0927. The Hall–Kier alpha value is -0.410. The van der Waals surface area contributed by atoms with E-state index in [0.717, 1.165) is 19.5 Å². The summed E-state index contributed by atoms with van der Waals surface area (Å²) in [5, 5.41) is 6.50. The summed E-state index contributed by atoms with van der Waals surface area (Å²) in [5.41, 5.74) is -1.12. The standard InChI is InChI=1S/C11H19FN2/c1-11(12,10-5-3-7-14-10)8-9-4-2-6-13-9/h3,5,9-10,13-14H,2,4,6-8H2,1H3. The third-order valence-electron chi connectivity index (χ3n) is 3.24. The molecular formula is C11H19FN2. The van der Waals surface area contributed by atoms with Gasteiger partial charge < -0.3 is 10.6 Å². The van der Waals surface area contributed by atoms with Gasteiger partial charge in [0.05, 0.1) is 6.04 Å². The van der Waals surface area contributed by atoms with Gasteiger partial charge in [-0.15, -0.1) is 0 Å². The van der Waals surface area contributed by atoms with Gasteiger partial charge in [-0.05, 0) is 32.7 Å². The van der Waals surface area contributed by atoms with Crippen LogP contribution in [0.2, 0.25) is 0 Å². The maximum atomic E-state index is 14.3. The first kappa shape index (κ1) is 10.1. The van der Waals surface area contributed by atoms with Crippen molar-refractivity contribution in [2.45, 2.75) is 43.9 Å². The summed E-state index contributed by atoms with van der Waals surface area (Å²) in [7, 11) is 0. The van der Waals surface area contributed by atoms with Crippen molar-refractivity contribution in [1.82, 2.24) is 10.6 Å². The van der Waals surface area contributed by atoms with Crippen LogP contribution in [0.3, 0.4) is 0 Å². The molecule has 0 aromatic heterocycles. The van der Waals surface area contributed by atoms with E-state index >= 15 is 0 Å². The Balaban J connectivity index is 1.90. The summed E-state index contributed by atoms with van der Waals surface area (Å²) in [5.74, 6) is 0. The average Bonchev–Trinajstić information content (AvgIpc) is 2.71. The van der Waals surface area contributed by atoms with Crippen LogP contribution in [-0.4, -0.2) is 30.8 Å². The van der Waals surface area contributed by atoms with E-state index in [1.807, 2.05) is 12.2 Å². The third-order valence-corrected chi connectivity index (χ3v) is 3.24. The van der Waals surface area contributed by atoms with Crippen LogP contribution in [0, 0.1) is 0 Å². The molecule has 0 bridgehead atoms. The van der Waals surface area contributed by atoms with Gasteiger partial charge >= 0.3 is 0 Å². The van der Waals surface area contributed by atoms with E-state index in [1.54, 1.807) is 6.92 Å². The Morgan fingerprint density at radius 1 is 1.50 bits per heavy atom. The lowest BCUT2D eigenvalue weighted by Crippen LogP contribution is -2.45. The van der Waals surface area contributed by atoms with Crippen molar-refractivity contribution in [3.63, 3.8) is 0 Å². The molecule has 0 amide bonds. The van der Waals surface area contributed by atoms with Gasteiger partial charge in [0.1, 0.15) is 5.67 Å². The Morgan fingerprint density at radius 2 is 2.36 bits per heavy atom. The molecule has 3 unspecified atom stereocenters. The molecule has 1 saturated heterocycles. The molecule has 0 aliphatic carbocycles. The fourth-order valence-electron chi connectivity index (χ4n) is 2.42. The largest absolute Gasteiger partial charge is 0.314 e. The van der Waals surface area contributed by atoms with E-state index < -0.39 is 5.67 Å². The van der Waals surface area contributed by atoms with Crippen LogP contribution in [0.25, 0.3) is 0 Å². The lowest BCUT2D eigenvalue weighted by atomic mass is 9.91. The van der Waals surface area contributed by atoms with Crippen LogP contribution in [-0.2, 0) is 0 Å². The first-order valence-corrected chi connectivity index (χ1v) is 5.51. The molecule has 1 fully saturated rings. The Bertz CT molecular complexity index is 219. The molecule has 2 aliphatic rings. The van der Waals surface area contributed by atoms with E-state index in [4.69, 9.17) is 0 Å². The van der Waals surface area contributed by atoms with Crippen LogP contribution in [0.5, 0.6) is 0 Å². The second kappa shape index (κ2) is 3.99. The van der Waals surface area contributed by atoms with Gasteiger partial charge in [0.15, 0.2) is 0 Å². The Kier molecular flexibility index (Phi) is 2.88. The molecule has 2 rings (SSSR count). The summed E-state index contributed by atoms with van der Waals surface area (Å²) in [4.78, 5) is 0. The van der Waals surface area contributed by atoms with Crippen LogP contribution in [0.4, 0.5) is 4.39 Å². The second-order valence-corrected chi connectivity index (χ2v) is 4.59. The van der Waals surface area contributed by atoms with Crippen LogP contribution < -0.4 is 10.6 Å². The van der Waals surface area contributed by atoms with Gasteiger partial charge in [0.2, 0.25) is 0 Å². The van der Waals surface area contributed by atoms with Crippen LogP contribution in [0.1, 0.15) is 26.2 Å². The number of rotatable bonds is 3. The van der Waals surface area contributed by atoms with Crippen molar-refractivity contribution < 1.29 is 4.39 Å². The van der Waals surface area contributed by atoms with Crippen molar-refractivity contribution in [1.29, 1.82) is 0 Å². The number of hydrogen-bond donors (Lipinski definition) is 2. The minimum Gasteiger partial charge on any atom is -0.314 e. The molecule has 0 aromatic carbocycles.